The second kappa shape index (κ2) is 10.1. The Balaban J connectivity index is 1.33. The molecule has 0 aliphatic carbocycles. The van der Waals surface area contributed by atoms with Crippen LogP contribution >= 0.6 is 11.6 Å². The van der Waals surface area contributed by atoms with E-state index in [-0.39, 0.29) is 30.9 Å². The number of nitrogens with zero attached hydrogens (tertiary/aromatic N) is 3. The first-order valence-corrected chi connectivity index (χ1v) is 12.8. The summed E-state index contributed by atoms with van der Waals surface area (Å²) in [5.41, 5.74) is 1.27. The molecular formula is C26H31ClFN5O2. The standard InChI is InChI=1S/C26H31ClFN5O2/c1-2-9-33-18-4-5-19(33)11-20(7-6-18)35-24-10-17(28)3-8-21(24)26(34)32-14-22(23(29)15-32)25-30-12-16(27)13-31-25/h3,8,10,12-13,18-20,29-30H,2,4-7,9,11,14-15H2,1H3/b25-22+,29-23?/t18-,19+,20+/m0/s1. The van der Waals surface area contributed by atoms with E-state index in [4.69, 9.17) is 21.7 Å². The number of aliphatic imine (C=N–C) groups is 1. The van der Waals surface area contributed by atoms with Gasteiger partial charge in [-0.25, -0.2) is 9.38 Å². The van der Waals surface area contributed by atoms with Crippen molar-refractivity contribution >= 4 is 29.4 Å². The first-order chi connectivity index (χ1) is 16.9. The fourth-order valence-corrected chi connectivity index (χ4v) is 5.82. The Kier molecular flexibility index (Phi) is 6.93. The number of amides is 1. The van der Waals surface area contributed by atoms with E-state index in [1.165, 1.54) is 37.3 Å². The highest BCUT2D eigenvalue weighted by atomic mass is 35.5. The zero-order valence-corrected chi connectivity index (χ0v) is 20.7. The fraction of sp³-hybridized carbons (Fsp3) is 0.500. The Bertz CT molecular complexity index is 1120. The van der Waals surface area contributed by atoms with Gasteiger partial charge in [-0.05, 0) is 57.2 Å². The zero-order chi connectivity index (χ0) is 24.5. The lowest BCUT2D eigenvalue weighted by Gasteiger charge is -2.28. The maximum atomic E-state index is 14.2. The molecule has 0 aromatic heterocycles. The predicted octanol–water partition coefficient (Wildman–Crippen LogP) is 4.44. The number of ether oxygens (including phenoxy) is 1. The van der Waals surface area contributed by atoms with Crippen LogP contribution in [-0.2, 0) is 0 Å². The molecule has 1 aromatic carbocycles. The average Bonchev–Trinajstić information content (AvgIpc) is 3.35. The van der Waals surface area contributed by atoms with Gasteiger partial charge >= 0.3 is 0 Å². The van der Waals surface area contributed by atoms with Crippen LogP contribution in [0, 0.1) is 11.2 Å². The topological polar surface area (TPSA) is 81.0 Å². The van der Waals surface area contributed by atoms with Crippen LogP contribution in [0.15, 0.2) is 45.8 Å². The molecule has 2 N–H and O–H groups in total. The van der Waals surface area contributed by atoms with Crippen LogP contribution in [0.4, 0.5) is 4.39 Å². The molecule has 0 radical (unpaired) electrons. The molecule has 5 rings (SSSR count). The second-order valence-electron chi connectivity index (χ2n) is 9.71. The number of benzene rings is 1. The molecule has 2 bridgehead atoms. The Morgan fingerprint density at radius 1 is 1.26 bits per heavy atom. The van der Waals surface area contributed by atoms with Gasteiger partial charge in [-0.2, -0.15) is 0 Å². The van der Waals surface area contributed by atoms with Crippen molar-refractivity contribution in [3.8, 4) is 5.75 Å². The Hall–Kier alpha value is -2.71. The summed E-state index contributed by atoms with van der Waals surface area (Å²) in [6, 6.07) is 5.19. The van der Waals surface area contributed by atoms with E-state index in [9.17, 15) is 9.18 Å². The summed E-state index contributed by atoms with van der Waals surface area (Å²) in [6.07, 6.45) is 9.45. The molecule has 0 saturated carbocycles. The number of rotatable bonds is 5. The van der Waals surface area contributed by atoms with Gasteiger partial charge in [0.05, 0.1) is 29.4 Å². The second-order valence-corrected chi connectivity index (χ2v) is 10.2. The number of hydrogen-bond acceptors (Lipinski definition) is 6. The summed E-state index contributed by atoms with van der Waals surface area (Å²) >= 11 is 5.91. The highest BCUT2D eigenvalue weighted by molar-refractivity contribution is 6.39. The van der Waals surface area contributed by atoms with E-state index in [0.29, 0.717) is 39.8 Å². The van der Waals surface area contributed by atoms with Crippen LogP contribution in [0.1, 0.15) is 55.8 Å². The van der Waals surface area contributed by atoms with E-state index >= 15 is 0 Å². The fourth-order valence-electron chi connectivity index (χ4n) is 5.72. The number of carbonyl (C=O) groups is 1. The average molecular weight is 500 g/mol. The molecule has 3 saturated heterocycles. The van der Waals surface area contributed by atoms with Crippen molar-refractivity contribution in [2.45, 2.75) is 63.6 Å². The van der Waals surface area contributed by atoms with Gasteiger partial charge in [0.25, 0.3) is 5.91 Å². The largest absolute Gasteiger partial charge is 0.489 e. The van der Waals surface area contributed by atoms with Crippen molar-refractivity contribution < 1.29 is 13.9 Å². The number of allylic oxidation sites excluding steroid dienone is 1. The van der Waals surface area contributed by atoms with E-state index in [0.717, 1.165) is 32.2 Å². The monoisotopic (exact) mass is 499 g/mol. The number of fused-ring (bicyclic) bond motifs is 2. The van der Waals surface area contributed by atoms with Crippen molar-refractivity contribution in [3.05, 3.63) is 52.2 Å². The minimum atomic E-state index is -0.430. The van der Waals surface area contributed by atoms with Crippen LogP contribution in [-0.4, -0.2) is 65.5 Å². The van der Waals surface area contributed by atoms with Crippen LogP contribution < -0.4 is 10.1 Å². The summed E-state index contributed by atoms with van der Waals surface area (Å²) in [6.45, 7) is 3.71. The van der Waals surface area contributed by atoms with Crippen molar-refractivity contribution in [3.63, 3.8) is 0 Å². The Morgan fingerprint density at radius 2 is 2.06 bits per heavy atom. The van der Waals surface area contributed by atoms with Gasteiger partial charge < -0.3 is 20.4 Å². The molecule has 35 heavy (non-hydrogen) atoms. The summed E-state index contributed by atoms with van der Waals surface area (Å²) in [7, 11) is 0. The number of nitrogens with one attached hydrogen (secondary N) is 2. The van der Waals surface area contributed by atoms with Gasteiger partial charge in [-0.15, -0.1) is 0 Å². The first-order valence-electron chi connectivity index (χ1n) is 12.4. The molecule has 0 spiro atoms. The highest BCUT2D eigenvalue weighted by Crippen LogP contribution is 2.36. The van der Waals surface area contributed by atoms with Crippen LogP contribution in [0.25, 0.3) is 0 Å². The third-order valence-electron chi connectivity index (χ3n) is 7.38. The molecule has 4 aliphatic rings. The minimum Gasteiger partial charge on any atom is -0.489 e. The molecule has 1 amide bonds. The summed E-state index contributed by atoms with van der Waals surface area (Å²) in [5.74, 6) is 0.0866. The van der Waals surface area contributed by atoms with E-state index in [1.807, 2.05) is 0 Å². The number of likely N-dealkylation sites (tertiary alicyclic amines) is 1. The smallest absolute Gasteiger partial charge is 0.258 e. The molecule has 186 valence electrons. The minimum absolute atomic E-state index is 0.0510. The van der Waals surface area contributed by atoms with Crippen LogP contribution in [0.3, 0.4) is 0 Å². The van der Waals surface area contributed by atoms with Gasteiger partial charge in [0.2, 0.25) is 0 Å². The molecule has 1 aromatic rings. The molecule has 4 heterocycles. The van der Waals surface area contributed by atoms with Gasteiger partial charge in [-0.3, -0.25) is 9.69 Å². The predicted molar refractivity (Wildman–Crippen MR) is 135 cm³/mol. The van der Waals surface area contributed by atoms with Gasteiger partial charge in [0, 0.05) is 36.1 Å². The van der Waals surface area contributed by atoms with Crippen LogP contribution in [0.5, 0.6) is 5.75 Å². The van der Waals surface area contributed by atoms with Crippen molar-refractivity contribution in [1.82, 2.24) is 15.1 Å². The summed E-state index contributed by atoms with van der Waals surface area (Å²) < 4.78 is 20.6. The van der Waals surface area contributed by atoms with E-state index < -0.39 is 5.82 Å². The summed E-state index contributed by atoms with van der Waals surface area (Å²) in [4.78, 5) is 21.9. The molecule has 4 aliphatic heterocycles. The number of carbonyl (C=O) groups excluding carboxylic acids is 1. The molecule has 7 nitrogen and oxygen atoms in total. The van der Waals surface area contributed by atoms with E-state index in [1.54, 1.807) is 11.1 Å². The van der Waals surface area contributed by atoms with Crippen molar-refractivity contribution in [2.75, 3.05) is 19.6 Å². The first kappa shape index (κ1) is 24.0. The Labute approximate surface area is 210 Å². The lowest BCUT2D eigenvalue weighted by atomic mass is 9.98. The lowest BCUT2D eigenvalue weighted by molar-refractivity contribution is 0.0793. The summed E-state index contributed by atoms with van der Waals surface area (Å²) in [5, 5.41) is 11.8. The number of hydrogen-bond donors (Lipinski definition) is 2. The maximum absolute atomic E-state index is 14.2. The number of halogens is 2. The Morgan fingerprint density at radius 3 is 2.83 bits per heavy atom. The van der Waals surface area contributed by atoms with Crippen molar-refractivity contribution in [2.24, 2.45) is 4.99 Å². The highest BCUT2D eigenvalue weighted by Gasteiger charge is 2.38. The third-order valence-corrected chi connectivity index (χ3v) is 7.58. The van der Waals surface area contributed by atoms with Gasteiger partial charge in [-0.1, -0.05) is 18.5 Å². The molecular weight excluding hydrogens is 469 g/mol. The quantitative estimate of drug-likeness (QED) is 0.627. The molecule has 3 atom stereocenters. The van der Waals surface area contributed by atoms with Gasteiger partial charge in [0.1, 0.15) is 23.5 Å². The van der Waals surface area contributed by atoms with Gasteiger partial charge in [0.15, 0.2) is 0 Å². The van der Waals surface area contributed by atoms with E-state index in [2.05, 4.69) is 22.1 Å². The third kappa shape index (κ3) is 5.00. The zero-order valence-electron chi connectivity index (χ0n) is 19.9. The molecule has 3 fully saturated rings. The molecule has 9 heteroatoms. The molecule has 0 unspecified atom stereocenters. The van der Waals surface area contributed by atoms with Crippen molar-refractivity contribution in [1.29, 1.82) is 5.41 Å². The SMILES string of the molecule is CCCN1[C@@H]2CC[C@@H](Oc3cc(F)ccc3C(=O)N3CC(=N)/C(=C4/N=CC(Cl)=CN4)C3)C[C@H]1CC2. The normalized spacial score (nSPS) is 28.7. The van der Waals surface area contributed by atoms with Crippen LogP contribution in [0.2, 0.25) is 0 Å². The lowest BCUT2D eigenvalue weighted by Crippen LogP contribution is -2.36. The maximum Gasteiger partial charge on any atom is 0.258 e.